The molecule has 0 bridgehead atoms. The number of carboxylic acids is 1. The first-order valence-corrected chi connectivity index (χ1v) is 3.62. The topological polar surface area (TPSA) is 49.7 Å². The lowest BCUT2D eigenvalue weighted by atomic mass is 10.4. The summed E-state index contributed by atoms with van der Waals surface area (Å²) in [6, 6.07) is 0. The molecule has 0 aliphatic carbocycles. The van der Waals surface area contributed by atoms with Crippen LogP contribution in [0.15, 0.2) is 4.99 Å². The van der Waals surface area contributed by atoms with Gasteiger partial charge in [0.1, 0.15) is 6.54 Å². The molecule has 1 aliphatic heterocycles. The highest BCUT2D eigenvalue weighted by Gasteiger charge is 2.32. The van der Waals surface area contributed by atoms with Gasteiger partial charge in [-0.05, 0) is 0 Å². The third-order valence-corrected chi connectivity index (χ3v) is 2.20. The lowest BCUT2D eigenvalue weighted by Gasteiger charge is -2.26. The molecule has 1 unspecified atom stereocenters. The molecule has 11 heavy (non-hydrogen) atoms. The van der Waals surface area contributed by atoms with E-state index in [9.17, 15) is 4.79 Å². The van der Waals surface area contributed by atoms with Crippen LogP contribution in [0.2, 0.25) is 0 Å². The standard InChI is InChI=1S/C7H12N2O2/c1-6-8-3-4-9(6,2)5-7(10)11/h3-5H2,1-2H3/p+1. The van der Waals surface area contributed by atoms with Crippen LogP contribution in [-0.4, -0.2) is 48.1 Å². The van der Waals surface area contributed by atoms with E-state index in [4.69, 9.17) is 5.11 Å². The maximum atomic E-state index is 10.4. The number of likely N-dealkylation sites (N-methyl/N-ethyl adjacent to an activating group) is 1. The summed E-state index contributed by atoms with van der Waals surface area (Å²) >= 11 is 0. The second kappa shape index (κ2) is 2.62. The van der Waals surface area contributed by atoms with E-state index in [2.05, 4.69) is 4.99 Å². The van der Waals surface area contributed by atoms with Crippen molar-refractivity contribution in [1.29, 1.82) is 0 Å². The molecule has 0 radical (unpaired) electrons. The van der Waals surface area contributed by atoms with E-state index in [-0.39, 0.29) is 6.54 Å². The smallest absolute Gasteiger partial charge is 0.359 e. The minimum atomic E-state index is -0.760. The Labute approximate surface area is 65.7 Å². The first kappa shape index (κ1) is 8.20. The molecular weight excluding hydrogens is 144 g/mol. The van der Waals surface area contributed by atoms with Crippen molar-refractivity contribution in [2.75, 3.05) is 26.7 Å². The quantitative estimate of drug-likeness (QED) is 0.571. The lowest BCUT2D eigenvalue weighted by Crippen LogP contribution is -2.49. The van der Waals surface area contributed by atoms with Gasteiger partial charge < -0.3 is 5.11 Å². The first-order valence-electron chi connectivity index (χ1n) is 3.62. The molecule has 1 N–H and O–H groups in total. The van der Waals surface area contributed by atoms with E-state index in [1.165, 1.54) is 0 Å². The molecule has 0 aromatic rings. The van der Waals surface area contributed by atoms with Crippen molar-refractivity contribution in [2.45, 2.75) is 6.92 Å². The zero-order chi connectivity index (χ0) is 8.48. The van der Waals surface area contributed by atoms with Crippen LogP contribution < -0.4 is 0 Å². The summed E-state index contributed by atoms with van der Waals surface area (Å²) in [7, 11) is 1.90. The number of amidine groups is 1. The maximum absolute atomic E-state index is 10.4. The Balaban J connectivity index is 2.67. The van der Waals surface area contributed by atoms with Crippen LogP contribution in [0.1, 0.15) is 6.92 Å². The average Bonchev–Trinajstić information content (AvgIpc) is 2.11. The summed E-state index contributed by atoms with van der Waals surface area (Å²) in [5.74, 6) is 0.163. The van der Waals surface area contributed by atoms with Gasteiger partial charge in [-0.2, -0.15) is 0 Å². The summed E-state index contributed by atoms with van der Waals surface area (Å²) in [5.41, 5.74) is 0. The fourth-order valence-corrected chi connectivity index (χ4v) is 1.26. The highest BCUT2D eigenvalue weighted by molar-refractivity contribution is 5.77. The Bertz CT molecular complexity index is 212. The molecule has 0 saturated carbocycles. The Hall–Kier alpha value is -0.900. The fourth-order valence-electron chi connectivity index (χ4n) is 1.26. The molecule has 0 aromatic carbocycles. The van der Waals surface area contributed by atoms with Gasteiger partial charge >= 0.3 is 5.97 Å². The summed E-state index contributed by atoms with van der Waals surface area (Å²) < 4.78 is 0.468. The van der Waals surface area contributed by atoms with Crippen LogP contribution in [0, 0.1) is 0 Å². The van der Waals surface area contributed by atoms with Gasteiger partial charge in [-0.15, -0.1) is 0 Å². The van der Waals surface area contributed by atoms with Crippen molar-refractivity contribution in [3.05, 3.63) is 0 Å². The number of hydrogen-bond acceptors (Lipinski definition) is 2. The van der Waals surface area contributed by atoms with Crippen molar-refractivity contribution >= 4 is 11.8 Å². The van der Waals surface area contributed by atoms with Crippen molar-refractivity contribution in [2.24, 2.45) is 4.99 Å². The number of quaternary nitrogens is 1. The molecule has 0 aromatic heterocycles. The van der Waals surface area contributed by atoms with Crippen LogP contribution in [0.3, 0.4) is 0 Å². The molecule has 4 nitrogen and oxygen atoms in total. The zero-order valence-electron chi connectivity index (χ0n) is 6.87. The second-order valence-corrected chi connectivity index (χ2v) is 3.10. The van der Waals surface area contributed by atoms with Gasteiger partial charge in [0.15, 0.2) is 12.4 Å². The summed E-state index contributed by atoms with van der Waals surface area (Å²) in [6.45, 7) is 3.61. The molecule has 1 rings (SSSR count). The van der Waals surface area contributed by atoms with E-state index in [1.807, 2.05) is 14.0 Å². The van der Waals surface area contributed by atoms with E-state index in [1.54, 1.807) is 0 Å². The molecule has 0 spiro atoms. The Kier molecular flexibility index (Phi) is 1.95. The molecule has 1 atom stereocenters. The molecule has 0 amide bonds. The van der Waals surface area contributed by atoms with Gasteiger partial charge in [-0.1, -0.05) is 0 Å². The number of carboxylic acid groups (broad SMARTS) is 1. The Morgan fingerprint density at radius 3 is 2.82 bits per heavy atom. The monoisotopic (exact) mass is 157 g/mol. The van der Waals surface area contributed by atoms with E-state index in [0.717, 1.165) is 18.9 Å². The molecule has 62 valence electrons. The van der Waals surface area contributed by atoms with Crippen LogP contribution in [0.5, 0.6) is 0 Å². The van der Waals surface area contributed by atoms with Crippen molar-refractivity contribution in [3.8, 4) is 0 Å². The fraction of sp³-hybridized carbons (Fsp3) is 0.714. The van der Waals surface area contributed by atoms with Gasteiger partial charge in [0.25, 0.3) is 0 Å². The molecule has 0 fully saturated rings. The minimum absolute atomic E-state index is 0.148. The van der Waals surface area contributed by atoms with Gasteiger partial charge in [0, 0.05) is 6.92 Å². The Morgan fingerprint density at radius 1 is 1.82 bits per heavy atom. The average molecular weight is 157 g/mol. The highest BCUT2D eigenvalue weighted by Crippen LogP contribution is 2.10. The second-order valence-electron chi connectivity index (χ2n) is 3.10. The molecular formula is C7H13N2O2+. The largest absolute Gasteiger partial charge is 0.477 e. The SMILES string of the molecule is CC1=NCC[N+]1(C)CC(=O)O. The highest BCUT2D eigenvalue weighted by atomic mass is 16.4. The Morgan fingerprint density at radius 2 is 2.45 bits per heavy atom. The van der Waals surface area contributed by atoms with Crippen molar-refractivity contribution in [3.63, 3.8) is 0 Å². The van der Waals surface area contributed by atoms with E-state index < -0.39 is 5.97 Å². The molecule has 0 saturated heterocycles. The van der Waals surface area contributed by atoms with Gasteiger partial charge in [-0.25, -0.2) is 9.79 Å². The van der Waals surface area contributed by atoms with E-state index in [0.29, 0.717) is 4.48 Å². The summed E-state index contributed by atoms with van der Waals surface area (Å²) in [4.78, 5) is 14.6. The molecule has 1 aliphatic rings. The van der Waals surface area contributed by atoms with E-state index >= 15 is 0 Å². The predicted octanol–water partition coefficient (Wildman–Crippen LogP) is -0.0504. The third kappa shape index (κ3) is 1.57. The summed E-state index contributed by atoms with van der Waals surface area (Å²) in [5, 5.41) is 8.59. The zero-order valence-corrected chi connectivity index (χ0v) is 6.87. The molecule has 1 heterocycles. The van der Waals surface area contributed by atoms with Gasteiger partial charge in [-0.3, -0.25) is 4.48 Å². The summed E-state index contributed by atoms with van der Waals surface area (Å²) in [6.07, 6.45) is 0. The number of aliphatic imine (C=N–C) groups is 1. The number of hydrogen-bond donors (Lipinski definition) is 1. The number of carbonyl (C=O) groups is 1. The molecule has 4 heteroatoms. The minimum Gasteiger partial charge on any atom is -0.477 e. The number of nitrogens with zero attached hydrogens (tertiary/aromatic N) is 2. The van der Waals surface area contributed by atoms with Gasteiger partial charge in [0.2, 0.25) is 0 Å². The third-order valence-electron chi connectivity index (χ3n) is 2.20. The van der Waals surface area contributed by atoms with Crippen LogP contribution in [0.4, 0.5) is 0 Å². The number of rotatable bonds is 2. The van der Waals surface area contributed by atoms with Crippen molar-refractivity contribution < 1.29 is 14.4 Å². The predicted molar refractivity (Wildman–Crippen MR) is 41.5 cm³/mol. The van der Waals surface area contributed by atoms with Crippen LogP contribution in [-0.2, 0) is 4.79 Å². The van der Waals surface area contributed by atoms with Crippen LogP contribution >= 0.6 is 0 Å². The van der Waals surface area contributed by atoms with Crippen LogP contribution in [0.25, 0.3) is 0 Å². The normalized spacial score (nSPS) is 30.2. The van der Waals surface area contributed by atoms with Crippen molar-refractivity contribution in [1.82, 2.24) is 0 Å². The number of aliphatic carboxylic acids is 1. The maximum Gasteiger partial charge on any atom is 0.359 e. The first-order chi connectivity index (χ1) is 5.04. The lowest BCUT2D eigenvalue weighted by molar-refractivity contribution is -0.806. The van der Waals surface area contributed by atoms with Gasteiger partial charge in [0.05, 0.1) is 13.6 Å².